The third-order valence-corrected chi connectivity index (χ3v) is 4.21. The van der Waals surface area contributed by atoms with Crippen molar-refractivity contribution in [1.29, 1.82) is 0 Å². The predicted molar refractivity (Wildman–Crippen MR) is 73.5 cm³/mol. The molecule has 2 rings (SSSR count). The van der Waals surface area contributed by atoms with E-state index in [0.29, 0.717) is 6.54 Å². The maximum Gasteiger partial charge on any atom is 0.233 e. The molecular formula is C12H13N3OS2. The summed E-state index contributed by atoms with van der Waals surface area (Å²) in [5.41, 5.74) is 2.76. The molecule has 1 aromatic heterocycles. The van der Waals surface area contributed by atoms with Gasteiger partial charge in [0.05, 0.1) is 5.25 Å². The van der Waals surface area contributed by atoms with Gasteiger partial charge in [-0.3, -0.25) is 4.79 Å². The maximum atomic E-state index is 11.9. The summed E-state index contributed by atoms with van der Waals surface area (Å²) >= 11 is 2.87. The number of aromatic nitrogens is 2. The van der Waals surface area contributed by atoms with Gasteiger partial charge in [0.15, 0.2) is 4.34 Å². The summed E-state index contributed by atoms with van der Waals surface area (Å²) in [6, 6.07) is 9.85. The van der Waals surface area contributed by atoms with Crippen molar-refractivity contribution in [2.24, 2.45) is 0 Å². The summed E-state index contributed by atoms with van der Waals surface area (Å²) in [4.78, 5) is 11.9. The molecule has 18 heavy (non-hydrogen) atoms. The van der Waals surface area contributed by atoms with Gasteiger partial charge in [-0.15, -0.1) is 10.2 Å². The smallest absolute Gasteiger partial charge is 0.233 e. The average Bonchev–Trinajstić information content (AvgIpc) is 2.90. The van der Waals surface area contributed by atoms with Crippen molar-refractivity contribution < 1.29 is 4.79 Å². The summed E-state index contributed by atoms with van der Waals surface area (Å²) in [7, 11) is 0. The van der Waals surface area contributed by atoms with E-state index in [1.54, 1.807) is 5.51 Å². The molecule has 0 bridgehead atoms. The van der Waals surface area contributed by atoms with Crippen LogP contribution in [-0.4, -0.2) is 21.4 Å². The zero-order chi connectivity index (χ0) is 12.8. The van der Waals surface area contributed by atoms with Gasteiger partial charge in [0, 0.05) is 6.54 Å². The van der Waals surface area contributed by atoms with Crippen LogP contribution in [0.25, 0.3) is 0 Å². The standard InChI is InChI=1S/C12H13N3OS2/c1-9(18-12-15-14-8-17-12)11(16)13-7-10-5-3-2-4-6-10/h2-6,8-9H,7H2,1H3,(H,13,16)/t9-/m1/s1. The second-order valence-corrected chi connectivity index (χ2v) is 6.09. The van der Waals surface area contributed by atoms with Crippen molar-refractivity contribution in [3.05, 3.63) is 41.4 Å². The normalized spacial score (nSPS) is 12.1. The topological polar surface area (TPSA) is 54.9 Å². The molecule has 1 heterocycles. The second-order valence-electron chi connectivity index (χ2n) is 3.67. The number of hydrogen-bond acceptors (Lipinski definition) is 5. The molecule has 0 aliphatic carbocycles. The van der Waals surface area contributed by atoms with Gasteiger partial charge in [-0.05, 0) is 12.5 Å². The Hall–Kier alpha value is -1.40. The number of hydrogen-bond donors (Lipinski definition) is 1. The number of nitrogens with one attached hydrogen (secondary N) is 1. The van der Waals surface area contributed by atoms with E-state index in [-0.39, 0.29) is 11.2 Å². The monoisotopic (exact) mass is 279 g/mol. The minimum Gasteiger partial charge on any atom is -0.351 e. The van der Waals surface area contributed by atoms with E-state index in [0.717, 1.165) is 9.90 Å². The van der Waals surface area contributed by atoms with E-state index < -0.39 is 0 Å². The second kappa shape index (κ2) is 6.51. The number of benzene rings is 1. The highest BCUT2D eigenvalue weighted by molar-refractivity contribution is 8.02. The first kappa shape index (κ1) is 13.0. The van der Waals surface area contributed by atoms with Crippen molar-refractivity contribution >= 4 is 29.0 Å². The number of nitrogens with zero attached hydrogens (tertiary/aromatic N) is 2. The Bertz CT molecular complexity index is 487. The van der Waals surface area contributed by atoms with Crippen molar-refractivity contribution in [2.45, 2.75) is 23.1 Å². The van der Waals surface area contributed by atoms with Crippen molar-refractivity contribution in [3.63, 3.8) is 0 Å². The van der Waals surface area contributed by atoms with Crippen molar-refractivity contribution in [1.82, 2.24) is 15.5 Å². The molecule has 0 saturated heterocycles. The fourth-order valence-electron chi connectivity index (χ4n) is 1.35. The van der Waals surface area contributed by atoms with Gasteiger partial charge in [0.1, 0.15) is 5.51 Å². The first-order valence-corrected chi connectivity index (χ1v) is 7.26. The van der Waals surface area contributed by atoms with Gasteiger partial charge < -0.3 is 5.32 Å². The molecule has 1 N–H and O–H groups in total. The zero-order valence-electron chi connectivity index (χ0n) is 9.87. The van der Waals surface area contributed by atoms with E-state index in [4.69, 9.17) is 0 Å². The average molecular weight is 279 g/mol. The quantitative estimate of drug-likeness (QED) is 0.854. The Morgan fingerprint density at radius 2 is 2.22 bits per heavy atom. The molecule has 94 valence electrons. The lowest BCUT2D eigenvalue weighted by Crippen LogP contribution is -2.30. The summed E-state index contributed by atoms with van der Waals surface area (Å²) in [6.07, 6.45) is 0. The van der Waals surface area contributed by atoms with Crippen LogP contribution in [0.2, 0.25) is 0 Å². The third-order valence-electron chi connectivity index (χ3n) is 2.30. The predicted octanol–water partition coefficient (Wildman–Crippen LogP) is 2.34. The highest BCUT2D eigenvalue weighted by Gasteiger charge is 2.15. The molecule has 0 saturated carbocycles. The lowest BCUT2D eigenvalue weighted by Gasteiger charge is -2.10. The highest BCUT2D eigenvalue weighted by atomic mass is 32.2. The van der Waals surface area contributed by atoms with Crippen LogP contribution in [0.4, 0.5) is 0 Å². The SMILES string of the molecule is C[C@@H](Sc1nncs1)C(=O)NCc1ccccc1. The minimum atomic E-state index is -0.165. The van der Waals surface area contributed by atoms with E-state index in [1.807, 2.05) is 37.3 Å². The Kier molecular flexibility index (Phi) is 4.72. The van der Waals surface area contributed by atoms with Crippen molar-refractivity contribution in [3.8, 4) is 0 Å². The molecule has 0 fully saturated rings. The molecule has 1 amide bonds. The van der Waals surface area contributed by atoms with Crippen LogP contribution in [0.5, 0.6) is 0 Å². The van der Waals surface area contributed by atoms with Crippen LogP contribution in [0.15, 0.2) is 40.2 Å². The number of amides is 1. The molecule has 0 unspecified atom stereocenters. The van der Waals surface area contributed by atoms with Crippen LogP contribution in [0.3, 0.4) is 0 Å². The van der Waals surface area contributed by atoms with Gasteiger partial charge in [-0.25, -0.2) is 0 Å². The van der Waals surface area contributed by atoms with Gasteiger partial charge in [0.2, 0.25) is 5.91 Å². The Balaban J connectivity index is 1.81. The molecule has 0 aliphatic heterocycles. The first-order valence-electron chi connectivity index (χ1n) is 5.50. The van der Waals surface area contributed by atoms with Gasteiger partial charge in [-0.2, -0.15) is 0 Å². The Morgan fingerprint density at radius 1 is 1.44 bits per heavy atom. The maximum absolute atomic E-state index is 11.9. The van der Waals surface area contributed by atoms with Crippen LogP contribution in [-0.2, 0) is 11.3 Å². The molecule has 0 spiro atoms. The lowest BCUT2D eigenvalue weighted by molar-refractivity contribution is -0.120. The molecular weight excluding hydrogens is 266 g/mol. The molecule has 0 radical (unpaired) electrons. The molecule has 1 aromatic carbocycles. The highest BCUT2D eigenvalue weighted by Crippen LogP contribution is 2.24. The van der Waals surface area contributed by atoms with Gasteiger partial charge in [-0.1, -0.05) is 53.4 Å². The van der Waals surface area contributed by atoms with E-state index in [2.05, 4.69) is 15.5 Å². The summed E-state index contributed by atoms with van der Waals surface area (Å²) in [5.74, 6) is 0.0130. The number of carbonyl (C=O) groups is 1. The zero-order valence-corrected chi connectivity index (χ0v) is 11.5. The Labute approximate surface area is 114 Å². The number of rotatable bonds is 5. The van der Waals surface area contributed by atoms with Crippen LogP contribution in [0.1, 0.15) is 12.5 Å². The largest absolute Gasteiger partial charge is 0.351 e. The van der Waals surface area contributed by atoms with E-state index in [9.17, 15) is 4.79 Å². The lowest BCUT2D eigenvalue weighted by atomic mass is 10.2. The molecule has 4 nitrogen and oxygen atoms in total. The molecule has 2 aromatic rings. The van der Waals surface area contributed by atoms with Crippen molar-refractivity contribution in [2.75, 3.05) is 0 Å². The van der Waals surface area contributed by atoms with Gasteiger partial charge in [0.25, 0.3) is 0 Å². The molecule has 6 heteroatoms. The third kappa shape index (κ3) is 3.82. The number of thioether (sulfide) groups is 1. The van der Waals surface area contributed by atoms with Crippen LogP contribution >= 0.6 is 23.1 Å². The fraction of sp³-hybridized carbons (Fsp3) is 0.250. The molecule has 0 aliphatic rings. The fourth-order valence-corrected chi connectivity index (χ4v) is 3.00. The van der Waals surface area contributed by atoms with Crippen LogP contribution < -0.4 is 5.32 Å². The van der Waals surface area contributed by atoms with Crippen LogP contribution in [0, 0.1) is 0 Å². The minimum absolute atomic E-state index is 0.0130. The van der Waals surface area contributed by atoms with E-state index >= 15 is 0 Å². The summed E-state index contributed by atoms with van der Waals surface area (Å²) < 4.78 is 0.817. The van der Waals surface area contributed by atoms with Gasteiger partial charge >= 0.3 is 0 Å². The summed E-state index contributed by atoms with van der Waals surface area (Å²) in [6.45, 7) is 2.42. The summed E-state index contributed by atoms with van der Waals surface area (Å²) in [5, 5.41) is 10.4. The molecule has 1 atom stereocenters. The first-order chi connectivity index (χ1) is 8.75. The Morgan fingerprint density at radius 3 is 2.89 bits per heavy atom. The van der Waals surface area contributed by atoms with E-state index in [1.165, 1.54) is 23.1 Å². The number of carbonyl (C=O) groups excluding carboxylic acids is 1.